The topological polar surface area (TPSA) is 83.5 Å². The van der Waals surface area contributed by atoms with Crippen LogP contribution in [0.5, 0.6) is 0 Å². The molecule has 0 radical (unpaired) electrons. The molecule has 18 heavy (non-hydrogen) atoms. The molecule has 0 aromatic heterocycles. The monoisotopic (exact) mass is 291 g/mol. The van der Waals surface area contributed by atoms with Gasteiger partial charge in [0, 0.05) is 24.4 Å². The Morgan fingerprint density at radius 2 is 1.94 bits per heavy atom. The predicted molar refractivity (Wildman–Crippen MR) is 69.3 cm³/mol. The van der Waals surface area contributed by atoms with Gasteiger partial charge in [0.15, 0.2) is 0 Å². The Morgan fingerprint density at radius 3 is 2.39 bits per heavy atom. The van der Waals surface area contributed by atoms with E-state index in [1.54, 1.807) is 24.3 Å². The minimum atomic E-state index is -4.11. The lowest BCUT2D eigenvalue weighted by atomic mass is 10.0. The summed E-state index contributed by atoms with van der Waals surface area (Å²) in [6, 6.07) is 6.59. The molecule has 1 amide bonds. The van der Waals surface area contributed by atoms with Crippen molar-refractivity contribution in [2.75, 3.05) is 12.3 Å². The van der Waals surface area contributed by atoms with Crippen LogP contribution in [-0.2, 0) is 14.9 Å². The van der Waals surface area contributed by atoms with E-state index in [1.807, 2.05) is 0 Å². The van der Waals surface area contributed by atoms with E-state index in [-0.39, 0.29) is 12.5 Å². The summed E-state index contributed by atoms with van der Waals surface area (Å²) in [5, 5.41) is 3.07. The van der Waals surface area contributed by atoms with Gasteiger partial charge in [0.25, 0.3) is 10.1 Å². The van der Waals surface area contributed by atoms with Gasteiger partial charge in [-0.25, -0.2) is 0 Å². The van der Waals surface area contributed by atoms with E-state index in [0.717, 1.165) is 0 Å². The van der Waals surface area contributed by atoms with Crippen LogP contribution in [0.1, 0.15) is 18.4 Å². The van der Waals surface area contributed by atoms with Crippen LogP contribution >= 0.6 is 11.6 Å². The fourth-order valence-electron chi connectivity index (χ4n) is 1.53. The molecule has 5 nitrogen and oxygen atoms in total. The molecule has 0 bridgehead atoms. The maximum Gasteiger partial charge on any atom is 0.265 e. The predicted octanol–water partition coefficient (Wildman–Crippen LogP) is 1.45. The van der Waals surface area contributed by atoms with Gasteiger partial charge in [0.1, 0.15) is 0 Å². The number of hydrogen-bond donors (Lipinski definition) is 2. The summed E-state index contributed by atoms with van der Waals surface area (Å²) < 4.78 is 30.8. The molecule has 0 aliphatic heterocycles. The van der Waals surface area contributed by atoms with Crippen molar-refractivity contribution in [1.82, 2.24) is 5.32 Å². The van der Waals surface area contributed by atoms with Gasteiger partial charge in [-0.05, 0) is 17.7 Å². The molecule has 100 valence electrons. The van der Waals surface area contributed by atoms with E-state index in [1.165, 1.54) is 6.92 Å². The second-order valence-electron chi connectivity index (χ2n) is 3.93. The first kappa shape index (κ1) is 14.9. The Morgan fingerprint density at radius 1 is 1.39 bits per heavy atom. The van der Waals surface area contributed by atoms with E-state index in [4.69, 9.17) is 16.2 Å². The van der Waals surface area contributed by atoms with Crippen LogP contribution in [0.3, 0.4) is 0 Å². The first-order chi connectivity index (χ1) is 8.28. The Bertz CT molecular complexity index is 512. The largest absolute Gasteiger partial charge is 0.356 e. The molecule has 0 fully saturated rings. The van der Waals surface area contributed by atoms with Crippen LogP contribution < -0.4 is 5.32 Å². The van der Waals surface area contributed by atoms with Crippen LogP contribution in [0.4, 0.5) is 0 Å². The number of carbonyl (C=O) groups excluding carboxylic acids is 1. The maximum atomic E-state index is 10.9. The highest BCUT2D eigenvalue weighted by molar-refractivity contribution is 7.85. The molecule has 7 heteroatoms. The molecule has 0 spiro atoms. The number of halogens is 1. The zero-order chi connectivity index (χ0) is 13.8. The molecule has 1 aromatic carbocycles. The Hall–Kier alpha value is -1.11. The minimum absolute atomic E-state index is 0.136. The van der Waals surface area contributed by atoms with Crippen molar-refractivity contribution in [3.05, 3.63) is 34.9 Å². The number of benzene rings is 1. The summed E-state index contributed by atoms with van der Waals surface area (Å²) in [5.41, 5.74) is 0.686. The molecule has 1 rings (SSSR count). The first-order valence-corrected chi connectivity index (χ1v) is 7.21. The van der Waals surface area contributed by atoms with Gasteiger partial charge in [-0.3, -0.25) is 9.35 Å². The lowest BCUT2D eigenvalue weighted by Gasteiger charge is -2.16. The third-order valence-electron chi connectivity index (χ3n) is 2.35. The van der Waals surface area contributed by atoms with Crippen molar-refractivity contribution < 1.29 is 17.8 Å². The smallest absolute Gasteiger partial charge is 0.265 e. The van der Waals surface area contributed by atoms with Gasteiger partial charge in [0.05, 0.1) is 5.75 Å². The maximum absolute atomic E-state index is 10.9. The summed E-state index contributed by atoms with van der Waals surface area (Å²) in [6.07, 6.45) is 0. The molecule has 1 unspecified atom stereocenters. The van der Waals surface area contributed by atoms with Crippen LogP contribution in [0.2, 0.25) is 5.02 Å². The summed E-state index contributed by atoms with van der Waals surface area (Å²) in [4.78, 5) is 10.9. The lowest BCUT2D eigenvalue weighted by molar-refractivity contribution is -0.119. The van der Waals surface area contributed by atoms with Crippen molar-refractivity contribution in [2.24, 2.45) is 0 Å². The summed E-state index contributed by atoms with van der Waals surface area (Å²) in [5.74, 6) is -1.22. The molecule has 2 N–H and O–H groups in total. The number of amides is 1. The molecule has 0 saturated carbocycles. The molecule has 0 aliphatic carbocycles. The van der Waals surface area contributed by atoms with Crippen LogP contribution in [0.15, 0.2) is 24.3 Å². The molecular weight excluding hydrogens is 278 g/mol. The van der Waals surface area contributed by atoms with Gasteiger partial charge >= 0.3 is 0 Å². The Kier molecular flexibility index (Phi) is 5.13. The fourth-order valence-corrected chi connectivity index (χ4v) is 2.47. The van der Waals surface area contributed by atoms with E-state index < -0.39 is 21.8 Å². The van der Waals surface area contributed by atoms with Gasteiger partial charge in [0.2, 0.25) is 5.91 Å². The summed E-state index contributed by atoms with van der Waals surface area (Å²) in [7, 11) is -4.11. The Labute approximate surface area is 111 Å². The molecule has 0 saturated heterocycles. The van der Waals surface area contributed by atoms with Gasteiger partial charge in [-0.15, -0.1) is 0 Å². The summed E-state index contributed by atoms with van der Waals surface area (Å²) >= 11 is 5.74. The number of hydrogen-bond acceptors (Lipinski definition) is 3. The molecular formula is C11H14ClNO4S. The number of rotatable bonds is 5. The van der Waals surface area contributed by atoms with E-state index in [2.05, 4.69) is 5.32 Å². The molecule has 1 aromatic rings. The van der Waals surface area contributed by atoms with E-state index in [0.29, 0.717) is 10.6 Å². The van der Waals surface area contributed by atoms with Crippen molar-refractivity contribution in [1.29, 1.82) is 0 Å². The Balaban J connectivity index is 2.89. The highest BCUT2D eigenvalue weighted by Crippen LogP contribution is 2.19. The zero-order valence-corrected chi connectivity index (χ0v) is 11.3. The van der Waals surface area contributed by atoms with Crippen molar-refractivity contribution in [3.8, 4) is 0 Å². The average Bonchev–Trinajstić information content (AvgIpc) is 2.23. The van der Waals surface area contributed by atoms with Gasteiger partial charge in [-0.1, -0.05) is 23.7 Å². The lowest BCUT2D eigenvalue weighted by Crippen LogP contribution is -2.29. The first-order valence-electron chi connectivity index (χ1n) is 5.23. The van der Waals surface area contributed by atoms with Crippen LogP contribution in [0, 0.1) is 0 Å². The molecule has 0 aliphatic rings. The third-order valence-corrected chi connectivity index (χ3v) is 3.43. The fraction of sp³-hybridized carbons (Fsp3) is 0.364. The second kappa shape index (κ2) is 6.17. The van der Waals surface area contributed by atoms with Crippen molar-refractivity contribution in [3.63, 3.8) is 0 Å². The highest BCUT2D eigenvalue weighted by atomic mass is 35.5. The molecule has 1 atom stereocenters. The second-order valence-corrected chi connectivity index (χ2v) is 5.87. The summed E-state index contributed by atoms with van der Waals surface area (Å²) in [6.45, 7) is 1.48. The van der Waals surface area contributed by atoms with Crippen LogP contribution in [-0.4, -0.2) is 31.2 Å². The van der Waals surface area contributed by atoms with Crippen LogP contribution in [0.25, 0.3) is 0 Å². The number of nitrogens with one attached hydrogen (secondary N) is 1. The molecule has 0 heterocycles. The van der Waals surface area contributed by atoms with E-state index in [9.17, 15) is 13.2 Å². The third kappa shape index (κ3) is 5.48. The minimum Gasteiger partial charge on any atom is -0.356 e. The van der Waals surface area contributed by atoms with Gasteiger partial charge < -0.3 is 5.32 Å². The number of carbonyl (C=O) groups is 1. The van der Waals surface area contributed by atoms with Crippen molar-refractivity contribution in [2.45, 2.75) is 12.8 Å². The highest BCUT2D eigenvalue weighted by Gasteiger charge is 2.19. The van der Waals surface area contributed by atoms with Crippen molar-refractivity contribution >= 4 is 27.6 Å². The van der Waals surface area contributed by atoms with Gasteiger partial charge in [-0.2, -0.15) is 8.42 Å². The van der Waals surface area contributed by atoms with E-state index >= 15 is 0 Å². The quantitative estimate of drug-likeness (QED) is 0.804. The standard InChI is InChI=1S/C11H14ClNO4S/c1-8(14)13-6-10(7-18(15,16)17)9-2-4-11(12)5-3-9/h2-5,10H,6-7H2,1H3,(H,13,14)(H,15,16,17). The average molecular weight is 292 g/mol. The zero-order valence-electron chi connectivity index (χ0n) is 9.76. The normalized spacial score (nSPS) is 13.1. The SMILES string of the molecule is CC(=O)NCC(CS(=O)(=O)O)c1ccc(Cl)cc1.